The van der Waals surface area contributed by atoms with Crippen LogP contribution in [0.15, 0.2) is 18.2 Å². The maximum absolute atomic E-state index is 11.4. The summed E-state index contributed by atoms with van der Waals surface area (Å²) in [5.74, 6) is -0.768. The SMILES string of the molecule is CC(C)(C)CCC(NCc1ccc2c(c1)CCOC2)C(=O)O.Cl. The molecule has 0 saturated carbocycles. The fourth-order valence-electron chi connectivity index (χ4n) is 2.66. The van der Waals surface area contributed by atoms with Crippen LogP contribution in [-0.2, 0) is 29.1 Å². The molecule has 1 aromatic carbocycles. The minimum absolute atomic E-state index is 0. The monoisotopic (exact) mass is 341 g/mol. The van der Waals surface area contributed by atoms with Gasteiger partial charge in [-0.05, 0) is 41.4 Å². The lowest BCUT2D eigenvalue weighted by Crippen LogP contribution is -2.37. The molecule has 0 aromatic heterocycles. The summed E-state index contributed by atoms with van der Waals surface area (Å²) >= 11 is 0. The summed E-state index contributed by atoms with van der Waals surface area (Å²) in [7, 11) is 0. The van der Waals surface area contributed by atoms with Gasteiger partial charge in [0.05, 0.1) is 13.2 Å². The van der Waals surface area contributed by atoms with E-state index < -0.39 is 12.0 Å². The van der Waals surface area contributed by atoms with Gasteiger partial charge in [0.1, 0.15) is 6.04 Å². The van der Waals surface area contributed by atoms with Gasteiger partial charge in [-0.25, -0.2) is 0 Å². The van der Waals surface area contributed by atoms with E-state index in [2.05, 4.69) is 44.3 Å². The first-order valence-corrected chi connectivity index (χ1v) is 8.00. The maximum Gasteiger partial charge on any atom is 0.320 e. The highest BCUT2D eigenvalue weighted by atomic mass is 35.5. The molecular weight excluding hydrogens is 314 g/mol. The summed E-state index contributed by atoms with van der Waals surface area (Å²) in [5.41, 5.74) is 3.87. The van der Waals surface area contributed by atoms with E-state index in [1.54, 1.807) is 0 Å². The molecule has 0 fully saturated rings. The summed E-state index contributed by atoms with van der Waals surface area (Å²) in [4.78, 5) is 11.4. The molecule has 1 heterocycles. The molecule has 1 atom stereocenters. The summed E-state index contributed by atoms with van der Waals surface area (Å²) < 4.78 is 5.44. The summed E-state index contributed by atoms with van der Waals surface area (Å²) in [6, 6.07) is 5.84. The standard InChI is InChI=1S/C18H27NO3.ClH/c1-18(2,3)8-6-16(17(20)21)19-11-13-4-5-15-12-22-9-7-14(15)10-13;/h4-5,10,16,19H,6-9,11-12H2,1-3H3,(H,20,21);1H. The summed E-state index contributed by atoms with van der Waals surface area (Å²) in [5, 5.41) is 12.5. The van der Waals surface area contributed by atoms with Crippen LogP contribution in [0, 0.1) is 5.41 Å². The predicted octanol–water partition coefficient (Wildman–Crippen LogP) is 3.55. The van der Waals surface area contributed by atoms with E-state index in [1.165, 1.54) is 11.1 Å². The van der Waals surface area contributed by atoms with E-state index in [-0.39, 0.29) is 17.8 Å². The average molecular weight is 342 g/mol. The number of halogens is 1. The molecule has 5 heteroatoms. The van der Waals surface area contributed by atoms with Crippen LogP contribution >= 0.6 is 12.4 Å². The van der Waals surface area contributed by atoms with Gasteiger partial charge >= 0.3 is 5.97 Å². The lowest BCUT2D eigenvalue weighted by Gasteiger charge is -2.22. The van der Waals surface area contributed by atoms with E-state index in [0.29, 0.717) is 19.6 Å². The Bertz CT molecular complexity index is 525. The zero-order valence-corrected chi connectivity index (χ0v) is 15.0. The first kappa shape index (κ1) is 19.9. The molecule has 1 aromatic rings. The third-order valence-electron chi connectivity index (χ3n) is 4.08. The van der Waals surface area contributed by atoms with Gasteiger partial charge in [-0.2, -0.15) is 0 Å². The van der Waals surface area contributed by atoms with Crippen molar-refractivity contribution in [3.05, 3.63) is 34.9 Å². The molecule has 1 aliphatic rings. The van der Waals surface area contributed by atoms with Crippen LogP contribution < -0.4 is 5.32 Å². The molecular formula is C18H28ClNO3. The number of carbonyl (C=O) groups is 1. The van der Waals surface area contributed by atoms with Crippen LogP contribution in [0.4, 0.5) is 0 Å². The molecule has 1 unspecified atom stereocenters. The van der Waals surface area contributed by atoms with Gasteiger partial charge in [-0.1, -0.05) is 39.0 Å². The molecule has 0 aliphatic carbocycles. The van der Waals surface area contributed by atoms with Gasteiger partial charge < -0.3 is 15.2 Å². The number of carboxylic acids is 1. The molecule has 2 N–H and O–H groups in total. The quantitative estimate of drug-likeness (QED) is 0.830. The first-order chi connectivity index (χ1) is 10.3. The highest BCUT2D eigenvalue weighted by Crippen LogP contribution is 2.22. The second-order valence-corrected chi connectivity index (χ2v) is 7.28. The molecule has 4 nitrogen and oxygen atoms in total. The van der Waals surface area contributed by atoms with Gasteiger partial charge in [0.2, 0.25) is 0 Å². The Morgan fingerprint density at radius 2 is 2.09 bits per heavy atom. The van der Waals surface area contributed by atoms with Crippen molar-refractivity contribution in [2.24, 2.45) is 5.41 Å². The van der Waals surface area contributed by atoms with Crippen molar-refractivity contribution in [2.75, 3.05) is 6.61 Å². The molecule has 130 valence electrons. The van der Waals surface area contributed by atoms with Crippen molar-refractivity contribution in [3.8, 4) is 0 Å². The third kappa shape index (κ3) is 6.50. The van der Waals surface area contributed by atoms with Crippen molar-refractivity contribution in [1.82, 2.24) is 5.32 Å². The van der Waals surface area contributed by atoms with Crippen molar-refractivity contribution in [2.45, 2.75) is 59.2 Å². The number of hydrogen-bond donors (Lipinski definition) is 2. The number of ether oxygens (including phenoxy) is 1. The molecule has 0 bridgehead atoms. The molecule has 0 spiro atoms. The Morgan fingerprint density at radius 1 is 1.35 bits per heavy atom. The zero-order valence-electron chi connectivity index (χ0n) is 14.2. The number of benzene rings is 1. The summed E-state index contributed by atoms with van der Waals surface area (Å²) in [6.07, 6.45) is 2.48. The highest BCUT2D eigenvalue weighted by Gasteiger charge is 2.20. The minimum Gasteiger partial charge on any atom is -0.480 e. The van der Waals surface area contributed by atoms with Crippen LogP contribution in [0.1, 0.15) is 50.3 Å². The normalized spacial score (nSPS) is 15.4. The zero-order chi connectivity index (χ0) is 16.2. The van der Waals surface area contributed by atoms with E-state index in [1.807, 2.05) is 0 Å². The number of fused-ring (bicyclic) bond motifs is 1. The van der Waals surface area contributed by atoms with Gasteiger partial charge in [-0.15, -0.1) is 12.4 Å². The molecule has 0 saturated heterocycles. The van der Waals surface area contributed by atoms with E-state index in [0.717, 1.165) is 25.0 Å². The largest absolute Gasteiger partial charge is 0.480 e. The Morgan fingerprint density at radius 3 is 2.74 bits per heavy atom. The minimum atomic E-state index is -0.768. The average Bonchev–Trinajstić information content (AvgIpc) is 2.45. The number of aliphatic carboxylic acids is 1. The smallest absolute Gasteiger partial charge is 0.320 e. The molecule has 1 aliphatic heterocycles. The number of carboxylic acid groups (broad SMARTS) is 1. The van der Waals surface area contributed by atoms with E-state index >= 15 is 0 Å². The number of rotatable bonds is 6. The Balaban J connectivity index is 0.00000264. The third-order valence-corrected chi connectivity index (χ3v) is 4.08. The van der Waals surface area contributed by atoms with Crippen LogP contribution in [0.25, 0.3) is 0 Å². The lowest BCUT2D eigenvalue weighted by atomic mass is 9.88. The topological polar surface area (TPSA) is 58.6 Å². The fourth-order valence-corrected chi connectivity index (χ4v) is 2.66. The van der Waals surface area contributed by atoms with Crippen molar-refractivity contribution in [3.63, 3.8) is 0 Å². The molecule has 2 rings (SSSR count). The highest BCUT2D eigenvalue weighted by molar-refractivity contribution is 5.85. The van der Waals surface area contributed by atoms with Crippen LogP contribution in [0.3, 0.4) is 0 Å². The van der Waals surface area contributed by atoms with Crippen molar-refractivity contribution >= 4 is 18.4 Å². The Kier molecular flexibility index (Phi) is 7.52. The second-order valence-electron chi connectivity index (χ2n) is 7.28. The van der Waals surface area contributed by atoms with Gasteiger partial charge in [-0.3, -0.25) is 4.79 Å². The van der Waals surface area contributed by atoms with Crippen molar-refractivity contribution < 1.29 is 14.6 Å². The van der Waals surface area contributed by atoms with Crippen molar-refractivity contribution in [1.29, 1.82) is 0 Å². The van der Waals surface area contributed by atoms with Gasteiger partial charge in [0.15, 0.2) is 0 Å². The predicted molar refractivity (Wildman–Crippen MR) is 94.0 cm³/mol. The number of hydrogen-bond acceptors (Lipinski definition) is 3. The fraction of sp³-hybridized carbons (Fsp3) is 0.611. The first-order valence-electron chi connectivity index (χ1n) is 8.00. The van der Waals surface area contributed by atoms with Gasteiger partial charge in [0, 0.05) is 6.54 Å². The van der Waals surface area contributed by atoms with Crippen LogP contribution in [-0.4, -0.2) is 23.7 Å². The van der Waals surface area contributed by atoms with Crippen LogP contribution in [0.2, 0.25) is 0 Å². The van der Waals surface area contributed by atoms with Crippen LogP contribution in [0.5, 0.6) is 0 Å². The molecule has 23 heavy (non-hydrogen) atoms. The Labute approximate surface area is 145 Å². The van der Waals surface area contributed by atoms with E-state index in [4.69, 9.17) is 4.74 Å². The Hall–Kier alpha value is -1.10. The lowest BCUT2D eigenvalue weighted by molar-refractivity contribution is -0.139. The maximum atomic E-state index is 11.4. The molecule has 0 radical (unpaired) electrons. The number of nitrogens with one attached hydrogen (secondary N) is 1. The van der Waals surface area contributed by atoms with E-state index in [9.17, 15) is 9.90 Å². The molecule has 0 amide bonds. The summed E-state index contributed by atoms with van der Waals surface area (Å²) in [6.45, 7) is 8.46. The second kappa shape index (κ2) is 8.67. The van der Waals surface area contributed by atoms with Gasteiger partial charge in [0.25, 0.3) is 0 Å².